The van der Waals surface area contributed by atoms with Crippen LogP contribution in [-0.4, -0.2) is 35.2 Å². The van der Waals surface area contributed by atoms with Gasteiger partial charge in [0.1, 0.15) is 0 Å². The third-order valence-corrected chi connectivity index (χ3v) is 7.18. The highest BCUT2D eigenvalue weighted by molar-refractivity contribution is 5.97. The van der Waals surface area contributed by atoms with Gasteiger partial charge in [0.05, 0.1) is 42.0 Å². The zero-order valence-electron chi connectivity index (χ0n) is 20.7. The average Bonchev–Trinajstić information content (AvgIpc) is 3.41. The van der Waals surface area contributed by atoms with E-state index in [0.717, 1.165) is 64.8 Å². The Morgan fingerprint density at radius 1 is 1.03 bits per heavy atom. The van der Waals surface area contributed by atoms with E-state index in [9.17, 15) is 9.90 Å². The minimum Gasteiger partial charge on any atom is -0.394 e. The molecule has 2 heterocycles. The molecule has 1 amide bonds. The van der Waals surface area contributed by atoms with Crippen LogP contribution in [0.15, 0.2) is 84.9 Å². The van der Waals surface area contributed by atoms with Crippen molar-refractivity contribution in [1.29, 1.82) is 0 Å². The van der Waals surface area contributed by atoms with Crippen LogP contribution in [0.1, 0.15) is 43.4 Å². The maximum absolute atomic E-state index is 13.6. The maximum Gasteiger partial charge on any atom is 0.225 e. The van der Waals surface area contributed by atoms with Gasteiger partial charge in [0.25, 0.3) is 0 Å². The Kier molecular flexibility index (Phi) is 7.28. The highest BCUT2D eigenvalue weighted by Crippen LogP contribution is 2.40. The number of para-hydroxylation sites is 1. The summed E-state index contributed by atoms with van der Waals surface area (Å²) in [6.45, 7) is 3.01. The summed E-state index contributed by atoms with van der Waals surface area (Å²) in [7, 11) is 0. The number of pyridine rings is 1. The van der Waals surface area contributed by atoms with Crippen LogP contribution in [-0.2, 0) is 11.2 Å². The van der Waals surface area contributed by atoms with Gasteiger partial charge >= 0.3 is 0 Å². The number of carbonyl (C=O) groups excluding carboxylic acids is 1. The van der Waals surface area contributed by atoms with E-state index in [1.807, 2.05) is 54.6 Å². The van der Waals surface area contributed by atoms with Gasteiger partial charge in [-0.2, -0.15) is 0 Å². The van der Waals surface area contributed by atoms with Crippen molar-refractivity contribution in [2.75, 3.05) is 18.1 Å². The van der Waals surface area contributed by atoms with E-state index in [1.54, 1.807) is 0 Å². The third kappa shape index (κ3) is 4.84. The average molecular weight is 480 g/mol. The number of amides is 1. The second-order valence-electron chi connectivity index (χ2n) is 9.46. The minimum atomic E-state index is -0.0409. The Morgan fingerprint density at radius 3 is 2.44 bits per heavy atom. The van der Waals surface area contributed by atoms with Crippen molar-refractivity contribution >= 4 is 22.5 Å². The second-order valence-corrected chi connectivity index (χ2v) is 9.46. The number of rotatable bonds is 8. The summed E-state index contributed by atoms with van der Waals surface area (Å²) in [5.41, 5.74) is 5.81. The van der Waals surface area contributed by atoms with E-state index in [0.29, 0.717) is 0 Å². The second kappa shape index (κ2) is 10.9. The molecule has 184 valence electrons. The first-order chi connectivity index (χ1) is 17.7. The highest BCUT2D eigenvalue weighted by atomic mass is 16.3. The van der Waals surface area contributed by atoms with Gasteiger partial charge in [-0.25, -0.2) is 4.98 Å². The van der Waals surface area contributed by atoms with E-state index in [1.165, 1.54) is 0 Å². The number of aromatic nitrogens is 1. The van der Waals surface area contributed by atoms with Crippen molar-refractivity contribution in [1.82, 2.24) is 10.3 Å². The molecular weight excluding hydrogens is 446 g/mol. The van der Waals surface area contributed by atoms with Crippen molar-refractivity contribution in [2.24, 2.45) is 0 Å². The fourth-order valence-corrected chi connectivity index (χ4v) is 5.39. The summed E-state index contributed by atoms with van der Waals surface area (Å²) < 4.78 is 0. The fraction of sp³-hybridized carbons (Fsp3) is 0.290. The lowest BCUT2D eigenvalue weighted by molar-refractivity contribution is -0.121. The van der Waals surface area contributed by atoms with Gasteiger partial charge in [0.15, 0.2) is 0 Å². The van der Waals surface area contributed by atoms with Crippen molar-refractivity contribution in [3.8, 4) is 11.3 Å². The highest BCUT2D eigenvalue weighted by Gasteiger charge is 2.31. The number of hydrogen-bond acceptors (Lipinski definition) is 4. The molecule has 1 fully saturated rings. The van der Waals surface area contributed by atoms with Crippen LogP contribution in [0.25, 0.3) is 22.2 Å². The van der Waals surface area contributed by atoms with Gasteiger partial charge < -0.3 is 15.3 Å². The Morgan fingerprint density at radius 2 is 1.72 bits per heavy atom. The van der Waals surface area contributed by atoms with E-state index in [4.69, 9.17) is 4.98 Å². The molecule has 0 radical (unpaired) electrons. The molecule has 0 unspecified atom stereocenters. The summed E-state index contributed by atoms with van der Waals surface area (Å²) >= 11 is 0. The van der Waals surface area contributed by atoms with E-state index in [-0.39, 0.29) is 31.0 Å². The molecule has 1 aromatic heterocycles. The van der Waals surface area contributed by atoms with Crippen LogP contribution < -0.4 is 10.2 Å². The number of aliphatic hydroxyl groups excluding tert-OH is 1. The number of nitrogens with one attached hydrogen (secondary N) is 1. The van der Waals surface area contributed by atoms with Gasteiger partial charge in [-0.15, -0.1) is 0 Å². The third-order valence-electron chi connectivity index (χ3n) is 7.18. The normalized spacial score (nSPS) is 16.3. The molecule has 0 bridgehead atoms. The Bertz CT molecular complexity index is 1320. The molecule has 2 atom stereocenters. The molecule has 2 N–H and O–H groups in total. The van der Waals surface area contributed by atoms with Crippen LogP contribution in [0.5, 0.6) is 0 Å². The van der Waals surface area contributed by atoms with Crippen LogP contribution in [0.3, 0.4) is 0 Å². The fourth-order valence-electron chi connectivity index (χ4n) is 5.39. The predicted octanol–water partition coefficient (Wildman–Crippen LogP) is 5.67. The largest absolute Gasteiger partial charge is 0.394 e. The number of fused-ring (bicyclic) bond motifs is 1. The lowest BCUT2D eigenvalue weighted by Crippen LogP contribution is -2.35. The molecule has 5 heteroatoms. The number of carbonyl (C=O) groups is 1. The molecule has 0 saturated carbocycles. The first-order valence-corrected chi connectivity index (χ1v) is 12.9. The SMILES string of the molecule is CC[C@H](NC(=O)Cc1c(N2CCC[C@H]2CO)c(-c2ccccc2)nc2ccccc12)c1ccccc1. The minimum absolute atomic E-state index is 0.0120. The van der Waals surface area contributed by atoms with E-state index >= 15 is 0 Å². The quantitative estimate of drug-likeness (QED) is 0.342. The van der Waals surface area contributed by atoms with Crippen molar-refractivity contribution in [3.05, 3.63) is 96.1 Å². The van der Waals surface area contributed by atoms with Gasteiger partial charge in [0, 0.05) is 17.5 Å². The zero-order chi connectivity index (χ0) is 24.9. The lowest BCUT2D eigenvalue weighted by atomic mass is 9.96. The molecular formula is C31H33N3O2. The van der Waals surface area contributed by atoms with Gasteiger partial charge in [0.2, 0.25) is 5.91 Å². The Balaban J connectivity index is 1.62. The topological polar surface area (TPSA) is 65.5 Å². The zero-order valence-corrected chi connectivity index (χ0v) is 20.7. The van der Waals surface area contributed by atoms with Gasteiger partial charge in [-0.05, 0) is 36.5 Å². The molecule has 4 aromatic rings. The lowest BCUT2D eigenvalue weighted by Gasteiger charge is -2.30. The summed E-state index contributed by atoms with van der Waals surface area (Å²) in [6, 6.07) is 28.3. The molecule has 5 rings (SSSR count). The van der Waals surface area contributed by atoms with E-state index < -0.39 is 0 Å². The van der Waals surface area contributed by atoms with Crippen molar-refractivity contribution < 1.29 is 9.90 Å². The first kappa shape index (κ1) is 24.0. The van der Waals surface area contributed by atoms with Gasteiger partial charge in [-0.3, -0.25) is 4.79 Å². The maximum atomic E-state index is 13.6. The standard InChI is InChI=1S/C31H33N3O2/c1-2-27(22-12-5-3-6-13-22)32-29(36)20-26-25-17-9-10-18-28(25)33-30(23-14-7-4-8-15-23)31(26)34-19-11-16-24(34)21-35/h3-10,12-15,17-18,24,27,35H,2,11,16,19-21H2,1H3,(H,32,36)/t24-,27-/m0/s1. The van der Waals surface area contributed by atoms with Gasteiger partial charge in [-0.1, -0.05) is 85.8 Å². The molecule has 0 aliphatic carbocycles. The number of anilines is 1. The smallest absolute Gasteiger partial charge is 0.225 e. The first-order valence-electron chi connectivity index (χ1n) is 12.9. The molecule has 1 aliphatic rings. The number of benzene rings is 3. The van der Waals surface area contributed by atoms with Crippen molar-refractivity contribution in [2.45, 2.75) is 44.7 Å². The summed E-state index contributed by atoms with van der Waals surface area (Å²) in [5, 5.41) is 14.4. The number of nitrogens with zero attached hydrogens (tertiary/aromatic N) is 2. The summed E-state index contributed by atoms with van der Waals surface area (Å²) in [6.07, 6.45) is 2.99. The Labute approximate surface area is 212 Å². The predicted molar refractivity (Wildman–Crippen MR) is 146 cm³/mol. The molecule has 0 spiro atoms. The van der Waals surface area contributed by atoms with Crippen LogP contribution >= 0.6 is 0 Å². The monoisotopic (exact) mass is 479 g/mol. The summed E-state index contributed by atoms with van der Waals surface area (Å²) in [4.78, 5) is 20.9. The molecule has 5 nitrogen and oxygen atoms in total. The molecule has 3 aromatic carbocycles. The summed E-state index contributed by atoms with van der Waals surface area (Å²) in [5.74, 6) is -0.0120. The van der Waals surface area contributed by atoms with Crippen LogP contribution in [0, 0.1) is 0 Å². The van der Waals surface area contributed by atoms with Crippen LogP contribution in [0.2, 0.25) is 0 Å². The molecule has 1 aliphatic heterocycles. The van der Waals surface area contributed by atoms with E-state index in [2.05, 4.69) is 47.5 Å². The number of aliphatic hydroxyl groups is 1. The molecule has 1 saturated heterocycles. The van der Waals surface area contributed by atoms with Crippen LogP contribution in [0.4, 0.5) is 5.69 Å². The Hall–Kier alpha value is -3.70. The van der Waals surface area contributed by atoms with Crippen molar-refractivity contribution in [3.63, 3.8) is 0 Å². The number of hydrogen-bond donors (Lipinski definition) is 2. The molecule has 36 heavy (non-hydrogen) atoms.